The fraction of sp³-hybridized carbons (Fsp3) is 1.00. The van der Waals surface area contributed by atoms with Crippen molar-refractivity contribution in [1.29, 1.82) is 0 Å². The zero-order valence-electron chi connectivity index (χ0n) is 13.0. The summed E-state index contributed by atoms with van der Waals surface area (Å²) in [5, 5.41) is 3.83. The molecule has 0 spiro atoms. The molecule has 1 aliphatic heterocycles. The summed E-state index contributed by atoms with van der Waals surface area (Å²) >= 11 is 0. The van der Waals surface area contributed by atoms with Crippen molar-refractivity contribution in [3.05, 3.63) is 0 Å². The van der Waals surface area contributed by atoms with Gasteiger partial charge in [0, 0.05) is 25.7 Å². The van der Waals surface area contributed by atoms with Gasteiger partial charge in [-0.25, -0.2) is 0 Å². The lowest BCUT2D eigenvalue weighted by atomic mass is 9.92. The molecule has 1 heterocycles. The Balaban J connectivity index is 1.73. The molecule has 0 bridgehead atoms. The van der Waals surface area contributed by atoms with E-state index in [9.17, 15) is 0 Å². The van der Waals surface area contributed by atoms with Crippen LogP contribution in [0.5, 0.6) is 0 Å². The van der Waals surface area contributed by atoms with Gasteiger partial charge in [0.05, 0.1) is 6.10 Å². The van der Waals surface area contributed by atoms with E-state index in [1.54, 1.807) is 0 Å². The van der Waals surface area contributed by atoms with Crippen LogP contribution < -0.4 is 5.32 Å². The van der Waals surface area contributed by atoms with E-state index in [0.717, 1.165) is 18.0 Å². The molecule has 2 aliphatic rings. The van der Waals surface area contributed by atoms with Gasteiger partial charge in [0.15, 0.2) is 0 Å². The number of nitrogens with one attached hydrogen (secondary N) is 1. The normalized spacial score (nSPS) is 30.9. The van der Waals surface area contributed by atoms with Gasteiger partial charge in [0.25, 0.3) is 0 Å². The molecule has 1 saturated heterocycles. The zero-order chi connectivity index (χ0) is 13.7. The van der Waals surface area contributed by atoms with E-state index in [1.807, 2.05) is 7.11 Å². The molecule has 0 aromatic rings. The lowest BCUT2D eigenvalue weighted by Gasteiger charge is -2.34. The van der Waals surface area contributed by atoms with E-state index in [-0.39, 0.29) is 0 Å². The summed E-state index contributed by atoms with van der Waals surface area (Å²) in [7, 11) is 1.85. The van der Waals surface area contributed by atoms with Crippen LogP contribution in [0.1, 0.15) is 52.4 Å². The van der Waals surface area contributed by atoms with Crippen LogP contribution in [0.4, 0.5) is 0 Å². The van der Waals surface area contributed by atoms with Crippen molar-refractivity contribution in [1.82, 2.24) is 10.2 Å². The molecule has 1 aliphatic carbocycles. The molecule has 1 saturated carbocycles. The van der Waals surface area contributed by atoms with Gasteiger partial charge in [-0.2, -0.15) is 0 Å². The Morgan fingerprint density at radius 1 is 1.11 bits per heavy atom. The first-order chi connectivity index (χ1) is 9.20. The number of rotatable bonds is 6. The first-order valence-corrected chi connectivity index (χ1v) is 8.21. The molecule has 1 atom stereocenters. The Kier molecular flexibility index (Phi) is 6.11. The van der Waals surface area contributed by atoms with Crippen molar-refractivity contribution in [2.75, 3.05) is 26.7 Å². The van der Waals surface area contributed by atoms with Crippen LogP contribution in [0.3, 0.4) is 0 Å². The molecule has 1 unspecified atom stereocenters. The third-order valence-corrected chi connectivity index (χ3v) is 5.00. The van der Waals surface area contributed by atoms with E-state index in [2.05, 4.69) is 24.1 Å². The minimum Gasteiger partial charge on any atom is -0.381 e. The molecule has 1 N–H and O–H groups in total. The van der Waals surface area contributed by atoms with Gasteiger partial charge < -0.3 is 10.1 Å². The number of ether oxygens (including phenoxy) is 1. The predicted octanol–water partition coefficient (Wildman–Crippen LogP) is 2.65. The quantitative estimate of drug-likeness (QED) is 0.801. The molecule has 112 valence electrons. The Morgan fingerprint density at radius 2 is 1.74 bits per heavy atom. The third kappa shape index (κ3) is 4.44. The van der Waals surface area contributed by atoms with E-state index in [4.69, 9.17) is 4.74 Å². The smallest absolute Gasteiger partial charge is 0.0572 e. The molecule has 0 radical (unpaired) electrons. The number of hydrogen-bond acceptors (Lipinski definition) is 3. The fourth-order valence-electron chi connectivity index (χ4n) is 3.65. The summed E-state index contributed by atoms with van der Waals surface area (Å²) < 4.78 is 5.45. The van der Waals surface area contributed by atoms with Crippen LogP contribution in [-0.2, 0) is 4.74 Å². The second-order valence-corrected chi connectivity index (χ2v) is 6.67. The van der Waals surface area contributed by atoms with Crippen molar-refractivity contribution < 1.29 is 4.74 Å². The highest BCUT2D eigenvalue weighted by atomic mass is 16.5. The number of nitrogens with zero attached hydrogens (tertiary/aromatic N) is 1. The SMILES string of the molecule is COC1CCC(NCC(C(C)C)N2CCCC2)CC1. The monoisotopic (exact) mass is 268 g/mol. The third-order valence-electron chi connectivity index (χ3n) is 5.00. The topological polar surface area (TPSA) is 24.5 Å². The molecular formula is C16H32N2O. The van der Waals surface area contributed by atoms with Crippen LogP contribution in [0.25, 0.3) is 0 Å². The Labute approximate surface area is 119 Å². The highest BCUT2D eigenvalue weighted by molar-refractivity contribution is 4.84. The van der Waals surface area contributed by atoms with E-state index >= 15 is 0 Å². The second-order valence-electron chi connectivity index (χ2n) is 6.67. The molecule has 19 heavy (non-hydrogen) atoms. The van der Waals surface area contributed by atoms with Crippen molar-refractivity contribution in [3.8, 4) is 0 Å². The predicted molar refractivity (Wildman–Crippen MR) is 80.5 cm³/mol. The Bertz CT molecular complexity index is 243. The maximum atomic E-state index is 5.45. The average Bonchev–Trinajstić information content (AvgIpc) is 2.93. The van der Waals surface area contributed by atoms with Crippen LogP contribution in [0.2, 0.25) is 0 Å². The van der Waals surface area contributed by atoms with Gasteiger partial charge in [0.2, 0.25) is 0 Å². The van der Waals surface area contributed by atoms with Crippen molar-refractivity contribution in [2.24, 2.45) is 5.92 Å². The minimum absolute atomic E-state index is 0.512. The molecular weight excluding hydrogens is 236 g/mol. The lowest BCUT2D eigenvalue weighted by Crippen LogP contribution is -2.47. The number of likely N-dealkylation sites (tertiary alicyclic amines) is 1. The molecule has 2 rings (SSSR count). The molecule has 0 aromatic carbocycles. The summed E-state index contributed by atoms with van der Waals surface area (Å²) in [5.41, 5.74) is 0. The van der Waals surface area contributed by atoms with Crippen LogP contribution >= 0.6 is 0 Å². The molecule has 3 heteroatoms. The van der Waals surface area contributed by atoms with Gasteiger partial charge in [0.1, 0.15) is 0 Å². The first-order valence-electron chi connectivity index (χ1n) is 8.21. The summed E-state index contributed by atoms with van der Waals surface area (Å²) in [4.78, 5) is 2.69. The zero-order valence-corrected chi connectivity index (χ0v) is 13.0. The van der Waals surface area contributed by atoms with Gasteiger partial charge >= 0.3 is 0 Å². The standard InChI is InChI=1S/C16H32N2O/c1-13(2)16(18-10-4-5-11-18)12-17-14-6-8-15(19-3)9-7-14/h13-17H,4-12H2,1-3H3. The van der Waals surface area contributed by atoms with Crippen LogP contribution in [0.15, 0.2) is 0 Å². The van der Waals surface area contributed by atoms with Crippen molar-refractivity contribution >= 4 is 0 Å². The average molecular weight is 268 g/mol. The lowest BCUT2D eigenvalue weighted by molar-refractivity contribution is 0.0609. The minimum atomic E-state index is 0.512. The summed E-state index contributed by atoms with van der Waals surface area (Å²) in [6.45, 7) is 8.51. The van der Waals surface area contributed by atoms with E-state index < -0.39 is 0 Å². The second kappa shape index (κ2) is 7.61. The highest BCUT2D eigenvalue weighted by Crippen LogP contribution is 2.22. The van der Waals surface area contributed by atoms with E-state index in [0.29, 0.717) is 6.10 Å². The first kappa shape index (κ1) is 15.3. The maximum Gasteiger partial charge on any atom is 0.0572 e. The summed E-state index contributed by atoms with van der Waals surface area (Å²) in [6, 6.07) is 1.44. The number of hydrogen-bond donors (Lipinski definition) is 1. The van der Waals surface area contributed by atoms with Crippen molar-refractivity contribution in [2.45, 2.75) is 70.6 Å². The van der Waals surface area contributed by atoms with Crippen molar-refractivity contribution in [3.63, 3.8) is 0 Å². The Hall–Kier alpha value is -0.120. The van der Waals surface area contributed by atoms with Gasteiger partial charge in [-0.15, -0.1) is 0 Å². The molecule has 0 amide bonds. The largest absolute Gasteiger partial charge is 0.381 e. The van der Waals surface area contributed by atoms with Crippen LogP contribution in [-0.4, -0.2) is 49.8 Å². The fourth-order valence-corrected chi connectivity index (χ4v) is 3.65. The summed E-state index contributed by atoms with van der Waals surface area (Å²) in [6.07, 6.45) is 8.31. The summed E-state index contributed by atoms with van der Waals surface area (Å²) in [5.74, 6) is 0.751. The van der Waals surface area contributed by atoms with E-state index in [1.165, 1.54) is 58.2 Å². The maximum absolute atomic E-state index is 5.45. The van der Waals surface area contributed by atoms with Gasteiger partial charge in [-0.3, -0.25) is 4.90 Å². The highest BCUT2D eigenvalue weighted by Gasteiger charge is 2.26. The van der Waals surface area contributed by atoms with Gasteiger partial charge in [-0.05, 0) is 57.5 Å². The van der Waals surface area contributed by atoms with Gasteiger partial charge in [-0.1, -0.05) is 13.8 Å². The molecule has 0 aromatic heterocycles. The molecule has 3 nitrogen and oxygen atoms in total. The molecule has 2 fully saturated rings. The Morgan fingerprint density at radius 3 is 2.26 bits per heavy atom. The number of methoxy groups -OCH3 is 1. The van der Waals surface area contributed by atoms with Crippen LogP contribution in [0, 0.1) is 5.92 Å².